The summed E-state index contributed by atoms with van der Waals surface area (Å²) in [7, 11) is 3.09. The molecule has 0 amide bonds. The number of hydrogen-bond acceptors (Lipinski definition) is 4. The van der Waals surface area contributed by atoms with Gasteiger partial charge in [-0.3, -0.25) is 4.79 Å². The van der Waals surface area contributed by atoms with E-state index in [-0.39, 0.29) is 12.0 Å². The van der Waals surface area contributed by atoms with Gasteiger partial charge in [0.15, 0.2) is 0 Å². The predicted octanol–water partition coefficient (Wildman–Crippen LogP) is 0.810. The normalized spacial score (nSPS) is 12.9. The van der Waals surface area contributed by atoms with Gasteiger partial charge in [0.25, 0.3) is 0 Å². The monoisotopic (exact) mass is 203 g/mol. The van der Waals surface area contributed by atoms with Crippen LogP contribution in [0.15, 0.2) is 0 Å². The number of esters is 1. The maximum atomic E-state index is 11.1. The smallest absolute Gasteiger partial charge is 0.325 e. The second-order valence-electron chi connectivity index (χ2n) is 3.62. The fraction of sp³-hybridized carbons (Fsp3) is 0.900. The Kier molecular flexibility index (Phi) is 7.42. The highest BCUT2D eigenvalue weighted by Gasteiger charge is 2.16. The van der Waals surface area contributed by atoms with Crippen molar-refractivity contribution in [3.05, 3.63) is 0 Å². The molecule has 84 valence electrons. The van der Waals surface area contributed by atoms with Crippen molar-refractivity contribution in [1.29, 1.82) is 0 Å². The van der Waals surface area contributed by atoms with E-state index in [2.05, 4.69) is 23.9 Å². The molecule has 1 unspecified atom stereocenters. The molecule has 0 spiro atoms. The van der Waals surface area contributed by atoms with Crippen LogP contribution in [-0.2, 0) is 14.3 Å². The molecule has 0 aromatic rings. The SMILES string of the molecule is CNC(COCCC(C)C)C(=O)OC. The molecule has 0 aliphatic rings. The lowest BCUT2D eigenvalue weighted by atomic mass is 10.1. The summed E-state index contributed by atoms with van der Waals surface area (Å²) < 4.78 is 9.96. The summed E-state index contributed by atoms with van der Waals surface area (Å²) in [5.41, 5.74) is 0. The van der Waals surface area contributed by atoms with Crippen molar-refractivity contribution in [2.45, 2.75) is 26.3 Å². The summed E-state index contributed by atoms with van der Waals surface area (Å²) in [6, 6.07) is -0.354. The first-order valence-corrected chi connectivity index (χ1v) is 4.94. The number of nitrogens with one attached hydrogen (secondary N) is 1. The maximum absolute atomic E-state index is 11.1. The van der Waals surface area contributed by atoms with Gasteiger partial charge in [-0.25, -0.2) is 0 Å². The standard InChI is InChI=1S/C10H21NO3/c1-8(2)5-6-14-7-9(11-3)10(12)13-4/h8-9,11H,5-7H2,1-4H3. The van der Waals surface area contributed by atoms with Crippen LogP contribution >= 0.6 is 0 Å². The molecular weight excluding hydrogens is 182 g/mol. The summed E-state index contributed by atoms with van der Waals surface area (Å²) in [5.74, 6) is 0.346. The topological polar surface area (TPSA) is 47.6 Å². The van der Waals surface area contributed by atoms with Gasteiger partial charge >= 0.3 is 5.97 Å². The third-order valence-electron chi connectivity index (χ3n) is 1.96. The summed E-state index contributed by atoms with van der Waals surface area (Å²) in [5, 5.41) is 2.84. The molecule has 0 rings (SSSR count). The van der Waals surface area contributed by atoms with E-state index in [1.54, 1.807) is 7.05 Å². The fourth-order valence-electron chi connectivity index (χ4n) is 0.932. The Hall–Kier alpha value is -0.610. The van der Waals surface area contributed by atoms with Crippen LogP contribution in [0.4, 0.5) is 0 Å². The van der Waals surface area contributed by atoms with E-state index in [9.17, 15) is 4.79 Å². The lowest BCUT2D eigenvalue weighted by Gasteiger charge is -2.14. The van der Waals surface area contributed by atoms with Crippen LogP contribution in [0.25, 0.3) is 0 Å². The minimum atomic E-state index is -0.354. The Balaban J connectivity index is 3.58. The van der Waals surface area contributed by atoms with Gasteiger partial charge in [-0.1, -0.05) is 13.8 Å². The molecule has 0 bridgehead atoms. The molecule has 0 aromatic carbocycles. The molecule has 0 aromatic heterocycles. The number of likely N-dealkylation sites (N-methyl/N-ethyl adjacent to an activating group) is 1. The van der Waals surface area contributed by atoms with Gasteiger partial charge in [0.05, 0.1) is 13.7 Å². The largest absolute Gasteiger partial charge is 0.468 e. The quantitative estimate of drug-likeness (QED) is 0.491. The molecule has 0 radical (unpaired) electrons. The molecule has 1 N–H and O–H groups in total. The van der Waals surface area contributed by atoms with Crippen LogP contribution < -0.4 is 5.32 Å². The molecule has 0 aliphatic heterocycles. The van der Waals surface area contributed by atoms with Crippen LogP contribution in [0.5, 0.6) is 0 Å². The zero-order valence-corrected chi connectivity index (χ0v) is 9.50. The van der Waals surface area contributed by atoms with Gasteiger partial charge < -0.3 is 14.8 Å². The predicted molar refractivity (Wildman–Crippen MR) is 55.1 cm³/mol. The van der Waals surface area contributed by atoms with Gasteiger partial charge in [0.1, 0.15) is 6.04 Å². The third-order valence-corrected chi connectivity index (χ3v) is 1.96. The molecule has 0 heterocycles. The van der Waals surface area contributed by atoms with Crippen molar-refractivity contribution < 1.29 is 14.3 Å². The van der Waals surface area contributed by atoms with Crippen LogP contribution in [0, 0.1) is 5.92 Å². The van der Waals surface area contributed by atoms with Gasteiger partial charge in [-0.05, 0) is 19.4 Å². The first kappa shape index (κ1) is 13.4. The number of carbonyl (C=O) groups excluding carboxylic acids is 1. The Labute approximate surface area is 86.0 Å². The van der Waals surface area contributed by atoms with Crippen LogP contribution in [0.2, 0.25) is 0 Å². The lowest BCUT2D eigenvalue weighted by molar-refractivity contribution is -0.144. The zero-order valence-electron chi connectivity index (χ0n) is 9.50. The molecule has 0 fully saturated rings. The van der Waals surface area contributed by atoms with Crippen molar-refractivity contribution in [3.63, 3.8) is 0 Å². The molecule has 0 saturated heterocycles. The number of methoxy groups -OCH3 is 1. The average molecular weight is 203 g/mol. The molecule has 0 saturated carbocycles. The summed E-state index contributed by atoms with van der Waals surface area (Å²) in [4.78, 5) is 11.1. The van der Waals surface area contributed by atoms with E-state index in [1.807, 2.05) is 0 Å². The molecule has 1 atom stereocenters. The first-order valence-electron chi connectivity index (χ1n) is 4.94. The second-order valence-corrected chi connectivity index (χ2v) is 3.62. The highest BCUT2D eigenvalue weighted by atomic mass is 16.5. The second kappa shape index (κ2) is 7.76. The van der Waals surface area contributed by atoms with Crippen LogP contribution in [0.1, 0.15) is 20.3 Å². The Morgan fingerprint density at radius 1 is 1.43 bits per heavy atom. The lowest BCUT2D eigenvalue weighted by Crippen LogP contribution is -2.39. The molecule has 4 nitrogen and oxygen atoms in total. The van der Waals surface area contributed by atoms with E-state index < -0.39 is 0 Å². The maximum Gasteiger partial charge on any atom is 0.325 e. The van der Waals surface area contributed by atoms with Crippen molar-refractivity contribution >= 4 is 5.97 Å². The molecular formula is C10H21NO3. The fourth-order valence-corrected chi connectivity index (χ4v) is 0.932. The van der Waals surface area contributed by atoms with E-state index in [1.165, 1.54) is 7.11 Å². The first-order chi connectivity index (χ1) is 6.61. The van der Waals surface area contributed by atoms with Gasteiger partial charge in [-0.2, -0.15) is 0 Å². The number of rotatable bonds is 7. The number of ether oxygens (including phenoxy) is 2. The summed E-state index contributed by atoms with van der Waals surface area (Å²) in [6.45, 7) is 5.33. The molecule has 4 heteroatoms. The zero-order chi connectivity index (χ0) is 11.0. The molecule has 14 heavy (non-hydrogen) atoms. The van der Waals surface area contributed by atoms with Gasteiger partial charge in [0, 0.05) is 6.61 Å². The van der Waals surface area contributed by atoms with E-state index in [0.717, 1.165) is 6.42 Å². The van der Waals surface area contributed by atoms with Crippen molar-refractivity contribution in [2.24, 2.45) is 5.92 Å². The number of hydrogen-bond donors (Lipinski definition) is 1. The Morgan fingerprint density at radius 2 is 2.07 bits per heavy atom. The molecule has 0 aliphatic carbocycles. The van der Waals surface area contributed by atoms with E-state index >= 15 is 0 Å². The third kappa shape index (κ3) is 5.94. The van der Waals surface area contributed by atoms with Crippen molar-refractivity contribution in [2.75, 3.05) is 27.4 Å². The Bertz CT molecular complexity index is 159. The van der Waals surface area contributed by atoms with E-state index in [0.29, 0.717) is 19.1 Å². The summed E-state index contributed by atoms with van der Waals surface area (Å²) >= 11 is 0. The van der Waals surface area contributed by atoms with Crippen LogP contribution in [-0.4, -0.2) is 39.4 Å². The Morgan fingerprint density at radius 3 is 2.50 bits per heavy atom. The van der Waals surface area contributed by atoms with Gasteiger partial charge in [0.2, 0.25) is 0 Å². The van der Waals surface area contributed by atoms with Gasteiger partial charge in [-0.15, -0.1) is 0 Å². The highest BCUT2D eigenvalue weighted by molar-refractivity contribution is 5.75. The van der Waals surface area contributed by atoms with E-state index in [4.69, 9.17) is 4.74 Å². The highest BCUT2D eigenvalue weighted by Crippen LogP contribution is 1.99. The minimum absolute atomic E-state index is 0.281. The van der Waals surface area contributed by atoms with Crippen LogP contribution in [0.3, 0.4) is 0 Å². The van der Waals surface area contributed by atoms with Crippen molar-refractivity contribution in [1.82, 2.24) is 5.32 Å². The number of carbonyl (C=O) groups is 1. The summed E-state index contributed by atoms with van der Waals surface area (Å²) in [6.07, 6.45) is 1.01. The average Bonchev–Trinajstić information content (AvgIpc) is 2.16. The van der Waals surface area contributed by atoms with Crippen molar-refractivity contribution in [3.8, 4) is 0 Å². The minimum Gasteiger partial charge on any atom is -0.468 e.